The fourth-order valence-electron chi connectivity index (χ4n) is 1.68. The third kappa shape index (κ3) is 3.21. The maximum atomic E-state index is 9.05. The minimum Gasteiger partial charge on any atom is -0.357 e. The summed E-state index contributed by atoms with van der Waals surface area (Å²) in [7, 11) is 0. The number of rotatable bonds is 4. The predicted octanol–water partition coefficient (Wildman–Crippen LogP) is 2.34. The molecule has 1 aromatic carbocycles. The van der Waals surface area contributed by atoms with Crippen LogP contribution in [0.1, 0.15) is 11.4 Å². The molecule has 20 heavy (non-hydrogen) atoms. The van der Waals surface area contributed by atoms with Gasteiger partial charge in [0.05, 0.1) is 17.3 Å². The van der Waals surface area contributed by atoms with Crippen LogP contribution in [0.25, 0.3) is 0 Å². The quantitative estimate of drug-likeness (QED) is 0.822. The minimum absolute atomic E-state index is 0.171. The van der Waals surface area contributed by atoms with Crippen LogP contribution in [0, 0.1) is 29.6 Å². The van der Waals surface area contributed by atoms with E-state index in [9.17, 15) is 0 Å². The van der Waals surface area contributed by atoms with Gasteiger partial charge in [-0.2, -0.15) is 10.5 Å². The molecule has 0 saturated carbocycles. The Bertz CT molecular complexity index is 696. The van der Waals surface area contributed by atoms with Gasteiger partial charge in [-0.15, -0.1) is 0 Å². The van der Waals surface area contributed by atoms with Gasteiger partial charge in [-0.1, -0.05) is 12.1 Å². The highest BCUT2D eigenvalue weighted by Crippen LogP contribution is 2.20. The Morgan fingerprint density at radius 1 is 1.15 bits per heavy atom. The lowest BCUT2D eigenvalue weighted by atomic mass is 10.2. The molecular weight excluding hydrogens is 252 g/mol. The molecule has 6 nitrogen and oxygen atoms in total. The van der Waals surface area contributed by atoms with Crippen LogP contribution in [0.4, 0.5) is 17.3 Å². The van der Waals surface area contributed by atoms with Gasteiger partial charge < -0.3 is 10.6 Å². The van der Waals surface area contributed by atoms with E-state index < -0.39 is 0 Å². The van der Waals surface area contributed by atoms with Gasteiger partial charge in [-0.05, 0) is 19.1 Å². The second-order valence-corrected chi connectivity index (χ2v) is 3.98. The summed E-state index contributed by atoms with van der Waals surface area (Å²) in [6.45, 7) is 1.93. The Hall–Kier alpha value is -3.12. The van der Waals surface area contributed by atoms with Gasteiger partial charge in [0.15, 0.2) is 0 Å². The van der Waals surface area contributed by atoms with Gasteiger partial charge in [0.25, 0.3) is 0 Å². The highest BCUT2D eigenvalue weighted by molar-refractivity contribution is 5.65. The van der Waals surface area contributed by atoms with E-state index in [0.29, 0.717) is 28.7 Å². The molecule has 0 saturated heterocycles. The highest BCUT2D eigenvalue weighted by atomic mass is 15.1. The number of hydrogen-bond acceptors (Lipinski definition) is 6. The number of aromatic nitrogens is 2. The average Bonchev–Trinajstić information content (AvgIpc) is 2.45. The summed E-state index contributed by atoms with van der Waals surface area (Å²) < 4.78 is 0. The molecule has 0 amide bonds. The summed E-state index contributed by atoms with van der Waals surface area (Å²) in [5, 5.41) is 23.6. The molecule has 0 bridgehead atoms. The minimum atomic E-state index is 0.171. The van der Waals surface area contributed by atoms with E-state index in [1.54, 1.807) is 31.2 Å². The first-order valence-corrected chi connectivity index (χ1v) is 5.95. The molecule has 0 unspecified atom stereocenters. The van der Waals surface area contributed by atoms with Crippen LogP contribution in [0.2, 0.25) is 0 Å². The van der Waals surface area contributed by atoms with Crippen LogP contribution < -0.4 is 10.6 Å². The van der Waals surface area contributed by atoms with E-state index in [1.807, 2.05) is 12.1 Å². The number of aryl methyl sites for hydroxylation is 1. The molecule has 98 valence electrons. The van der Waals surface area contributed by atoms with E-state index in [4.69, 9.17) is 10.5 Å². The Labute approximate surface area is 116 Å². The van der Waals surface area contributed by atoms with Crippen molar-refractivity contribution in [2.75, 3.05) is 17.2 Å². The van der Waals surface area contributed by atoms with Gasteiger partial charge >= 0.3 is 0 Å². The van der Waals surface area contributed by atoms with Crippen molar-refractivity contribution in [3.8, 4) is 12.1 Å². The second-order valence-electron chi connectivity index (χ2n) is 3.98. The molecule has 0 atom stereocenters. The molecule has 0 fully saturated rings. The van der Waals surface area contributed by atoms with Gasteiger partial charge in [0.1, 0.15) is 30.1 Å². The second kappa shape index (κ2) is 6.17. The summed E-state index contributed by atoms with van der Waals surface area (Å²) in [6.07, 6.45) is 0. The van der Waals surface area contributed by atoms with Crippen molar-refractivity contribution >= 4 is 17.3 Å². The molecule has 0 spiro atoms. The maximum Gasteiger partial charge on any atom is 0.136 e. The predicted molar refractivity (Wildman–Crippen MR) is 75.3 cm³/mol. The van der Waals surface area contributed by atoms with E-state index >= 15 is 0 Å². The first kappa shape index (κ1) is 13.3. The van der Waals surface area contributed by atoms with Crippen molar-refractivity contribution in [3.63, 3.8) is 0 Å². The zero-order chi connectivity index (χ0) is 14.4. The number of benzene rings is 1. The van der Waals surface area contributed by atoms with Crippen LogP contribution in [0.15, 0.2) is 30.3 Å². The van der Waals surface area contributed by atoms with Crippen molar-refractivity contribution in [3.05, 3.63) is 41.7 Å². The van der Waals surface area contributed by atoms with E-state index in [2.05, 4.69) is 26.7 Å². The van der Waals surface area contributed by atoms with Crippen molar-refractivity contribution < 1.29 is 0 Å². The SMILES string of the molecule is Cc1nc(NCC#N)cc(Nc2ccccc2C#N)n1. The smallest absolute Gasteiger partial charge is 0.136 e. The number of nitrogens with one attached hydrogen (secondary N) is 2. The molecule has 2 rings (SSSR count). The molecule has 0 radical (unpaired) electrons. The van der Waals surface area contributed by atoms with Crippen LogP contribution in [-0.4, -0.2) is 16.5 Å². The third-order valence-electron chi connectivity index (χ3n) is 2.50. The summed E-state index contributed by atoms with van der Waals surface area (Å²) in [4.78, 5) is 8.44. The molecular formula is C14H12N6. The van der Waals surface area contributed by atoms with E-state index in [0.717, 1.165) is 0 Å². The Morgan fingerprint density at radius 3 is 2.65 bits per heavy atom. The summed E-state index contributed by atoms with van der Waals surface area (Å²) in [5.41, 5.74) is 1.22. The topological polar surface area (TPSA) is 97.4 Å². The lowest BCUT2D eigenvalue weighted by molar-refractivity contribution is 1.05. The molecule has 0 aliphatic carbocycles. The summed E-state index contributed by atoms with van der Waals surface area (Å²) in [5.74, 6) is 1.71. The summed E-state index contributed by atoms with van der Waals surface area (Å²) in [6, 6.07) is 13.0. The van der Waals surface area contributed by atoms with Crippen LogP contribution in [0.3, 0.4) is 0 Å². The molecule has 1 heterocycles. The fourth-order valence-corrected chi connectivity index (χ4v) is 1.68. The van der Waals surface area contributed by atoms with Crippen LogP contribution in [0.5, 0.6) is 0 Å². The third-order valence-corrected chi connectivity index (χ3v) is 2.50. The van der Waals surface area contributed by atoms with Gasteiger partial charge in [0.2, 0.25) is 0 Å². The van der Waals surface area contributed by atoms with Crippen LogP contribution >= 0.6 is 0 Å². The van der Waals surface area contributed by atoms with Crippen LogP contribution in [-0.2, 0) is 0 Å². The highest BCUT2D eigenvalue weighted by Gasteiger charge is 2.05. The fraction of sp³-hybridized carbons (Fsp3) is 0.143. The summed E-state index contributed by atoms with van der Waals surface area (Å²) >= 11 is 0. The van der Waals surface area contributed by atoms with E-state index in [1.165, 1.54) is 0 Å². The van der Waals surface area contributed by atoms with Gasteiger partial charge in [0, 0.05) is 6.07 Å². The molecule has 0 aliphatic heterocycles. The van der Waals surface area contributed by atoms with E-state index in [-0.39, 0.29) is 6.54 Å². The number of nitrogens with zero attached hydrogens (tertiary/aromatic N) is 4. The Morgan fingerprint density at radius 2 is 1.90 bits per heavy atom. The molecule has 2 aromatic rings. The molecule has 1 aromatic heterocycles. The molecule has 0 aliphatic rings. The first-order chi connectivity index (χ1) is 9.72. The van der Waals surface area contributed by atoms with Gasteiger partial charge in [-0.3, -0.25) is 0 Å². The number of nitriles is 2. The monoisotopic (exact) mass is 264 g/mol. The zero-order valence-corrected chi connectivity index (χ0v) is 10.9. The normalized spacial score (nSPS) is 9.35. The Balaban J connectivity index is 2.27. The lowest BCUT2D eigenvalue weighted by Crippen LogP contribution is -2.05. The van der Waals surface area contributed by atoms with Crippen molar-refractivity contribution in [2.24, 2.45) is 0 Å². The number of para-hydroxylation sites is 1. The van der Waals surface area contributed by atoms with Crippen molar-refractivity contribution in [2.45, 2.75) is 6.92 Å². The standard InChI is InChI=1S/C14H12N6/c1-10-18-13(17-7-6-15)8-14(19-10)20-12-5-3-2-4-11(12)9-16/h2-5,8H,7H2,1H3,(H2,17,18,19,20). The maximum absolute atomic E-state index is 9.05. The first-order valence-electron chi connectivity index (χ1n) is 5.95. The lowest BCUT2D eigenvalue weighted by Gasteiger charge is -2.09. The zero-order valence-electron chi connectivity index (χ0n) is 10.9. The Kier molecular flexibility index (Phi) is 4.10. The number of hydrogen-bond donors (Lipinski definition) is 2. The molecule has 2 N–H and O–H groups in total. The largest absolute Gasteiger partial charge is 0.357 e. The van der Waals surface area contributed by atoms with Gasteiger partial charge in [-0.25, -0.2) is 9.97 Å². The molecule has 6 heteroatoms. The average molecular weight is 264 g/mol. The number of anilines is 3. The van der Waals surface area contributed by atoms with Crippen molar-refractivity contribution in [1.29, 1.82) is 10.5 Å². The van der Waals surface area contributed by atoms with Crippen molar-refractivity contribution in [1.82, 2.24) is 9.97 Å².